The standard InChI is InChI=1S/C8H6Cl2N2O/c1-13-6-3-4(9)2-5-7(6)8(10)12-11-5/h2-3H,1H3,(H,11,12). The number of fused-ring (bicyclic) bond motifs is 1. The Hall–Kier alpha value is -0.930. The predicted molar refractivity (Wildman–Crippen MR) is 52.7 cm³/mol. The van der Waals surface area contributed by atoms with Gasteiger partial charge in [0.2, 0.25) is 0 Å². The van der Waals surface area contributed by atoms with Crippen LogP contribution in [0.2, 0.25) is 10.2 Å². The molecule has 1 N–H and O–H groups in total. The fourth-order valence-corrected chi connectivity index (χ4v) is 1.64. The number of hydrogen-bond acceptors (Lipinski definition) is 2. The van der Waals surface area contributed by atoms with Crippen LogP contribution >= 0.6 is 23.2 Å². The summed E-state index contributed by atoms with van der Waals surface area (Å²) in [5.74, 6) is 0.626. The summed E-state index contributed by atoms with van der Waals surface area (Å²) >= 11 is 11.7. The molecule has 1 heterocycles. The lowest BCUT2D eigenvalue weighted by atomic mass is 10.2. The van der Waals surface area contributed by atoms with Gasteiger partial charge in [-0.3, -0.25) is 5.10 Å². The van der Waals surface area contributed by atoms with Crippen LogP contribution in [0.15, 0.2) is 12.1 Å². The Morgan fingerprint density at radius 3 is 2.85 bits per heavy atom. The normalized spacial score (nSPS) is 10.7. The van der Waals surface area contributed by atoms with E-state index in [4.69, 9.17) is 27.9 Å². The molecule has 0 unspecified atom stereocenters. The van der Waals surface area contributed by atoms with Gasteiger partial charge in [0, 0.05) is 5.02 Å². The fraction of sp³-hybridized carbons (Fsp3) is 0.125. The highest BCUT2D eigenvalue weighted by atomic mass is 35.5. The van der Waals surface area contributed by atoms with Crippen molar-refractivity contribution in [2.24, 2.45) is 0 Å². The van der Waals surface area contributed by atoms with Gasteiger partial charge in [-0.25, -0.2) is 0 Å². The van der Waals surface area contributed by atoms with Crippen LogP contribution in [0.1, 0.15) is 0 Å². The number of aromatic nitrogens is 2. The first-order chi connectivity index (χ1) is 6.22. The van der Waals surface area contributed by atoms with Crippen molar-refractivity contribution in [2.75, 3.05) is 7.11 Å². The van der Waals surface area contributed by atoms with Crippen LogP contribution in [0.4, 0.5) is 0 Å². The van der Waals surface area contributed by atoms with Crippen LogP contribution in [0.25, 0.3) is 10.9 Å². The third-order valence-electron chi connectivity index (χ3n) is 1.76. The van der Waals surface area contributed by atoms with Crippen molar-refractivity contribution in [1.82, 2.24) is 10.2 Å². The van der Waals surface area contributed by atoms with Gasteiger partial charge in [0.25, 0.3) is 0 Å². The summed E-state index contributed by atoms with van der Waals surface area (Å²) in [6, 6.07) is 3.42. The van der Waals surface area contributed by atoms with Gasteiger partial charge in [-0.15, -0.1) is 0 Å². The van der Waals surface area contributed by atoms with Crippen LogP contribution < -0.4 is 4.74 Å². The Kier molecular flexibility index (Phi) is 2.06. The van der Waals surface area contributed by atoms with E-state index in [0.717, 1.165) is 5.39 Å². The number of nitrogens with one attached hydrogen (secondary N) is 1. The molecule has 3 nitrogen and oxygen atoms in total. The van der Waals surface area contributed by atoms with Gasteiger partial charge < -0.3 is 4.74 Å². The Balaban J connectivity index is 2.85. The average molecular weight is 217 g/mol. The maximum atomic E-state index is 5.87. The number of methoxy groups -OCH3 is 1. The zero-order valence-corrected chi connectivity index (χ0v) is 8.28. The zero-order valence-electron chi connectivity index (χ0n) is 6.77. The maximum Gasteiger partial charge on any atom is 0.135 e. The smallest absolute Gasteiger partial charge is 0.135 e. The monoisotopic (exact) mass is 216 g/mol. The van der Waals surface area contributed by atoms with Gasteiger partial charge in [0.05, 0.1) is 18.0 Å². The number of aromatic amines is 1. The molecule has 0 spiro atoms. The highest BCUT2D eigenvalue weighted by Crippen LogP contribution is 2.32. The maximum absolute atomic E-state index is 5.87. The van der Waals surface area contributed by atoms with Gasteiger partial charge in [-0.05, 0) is 12.1 Å². The Bertz CT molecular complexity index is 453. The minimum atomic E-state index is 0.462. The molecule has 2 aromatic rings. The lowest BCUT2D eigenvalue weighted by Gasteiger charge is -2.01. The summed E-state index contributed by atoms with van der Waals surface area (Å²) in [6.45, 7) is 0. The Morgan fingerprint density at radius 1 is 1.38 bits per heavy atom. The SMILES string of the molecule is COc1cc(Cl)cc2n[nH]c(Cl)c12. The lowest BCUT2D eigenvalue weighted by Crippen LogP contribution is -1.83. The lowest BCUT2D eigenvalue weighted by molar-refractivity contribution is 0.420. The van der Waals surface area contributed by atoms with E-state index in [2.05, 4.69) is 10.2 Å². The van der Waals surface area contributed by atoms with Crippen molar-refractivity contribution in [3.8, 4) is 5.75 Å². The number of hydrogen-bond donors (Lipinski definition) is 1. The first kappa shape index (κ1) is 8.66. The van der Waals surface area contributed by atoms with E-state index in [-0.39, 0.29) is 0 Å². The largest absolute Gasteiger partial charge is 0.496 e. The third-order valence-corrected chi connectivity index (χ3v) is 2.25. The van der Waals surface area contributed by atoms with Crippen LogP contribution in [0.5, 0.6) is 5.75 Å². The van der Waals surface area contributed by atoms with Gasteiger partial charge in [-0.2, -0.15) is 5.10 Å². The second-order valence-corrected chi connectivity index (χ2v) is 3.35. The summed E-state index contributed by atoms with van der Waals surface area (Å²) in [4.78, 5) is 0. The molecule has 0 radical (unpaired) electrons. The molecule has 0 bridgehead atoms. The second kappa shape index (κ2) is 3.09. The number of nitrogens with zero attached hydrogens (tertiary/aromatic N) is 1. The van der Waals surface area contributed by atoms with Crippen molar-refractivity contribution < 1.29 is 4.74 Å². The van der Waals surface area contributed by atoms with Gasteiger partial charge in [0.15, 0.2) is 0 Å². The van der Waals surface area contributed by atoms with Gasteiger partial charge in [-0.1, -0.05) is 23.2 Å². The number of benzene rings is 1. The van der Waals surface area contributed by atoms with Crippen molar-refractivity contribution in [2.45, 2.75) is 0 Å². The second-order valence-electron chi connectivity index (χ2n) is 2.54. The summed E-state index contributed by atoms with van der Waals surface area (Å²) in [5.41, 5.74) is 0.703. The van der Waals surface area contributed by atoms with E-state index in [1.54, 1.807) is 19.2 Å². The molecule has 0 saturated carbocycles. The van der Waals surface area contributed by atoms with E-state index >= 15 is 0 Å². The van der Waals surface area contributed by atoms with Crippen LogP contribution in [0, 0.1) is 0 Å². The summed E-state index contributed by atoms with van der Waals surface area (Å²) in [5, 5.41) is 8.42. The van der Waals surface area contributed by atoms with Crippen LogP contribution in [-0.4, -0.2) is 17.3 Å². The molecule has 0 atom stereocenters. The van der Waals surface area contributed by atoms with E-state index < -0.39 is 0 Å². The molecule has 0 aliphatic carbocycles. The molecule has 13 heavy (non-hydrogen) atoms. The van der Waals surface area contributed by atoms with Crippen molar-refractivity contribution in [3.63, 3.8) is 0 Å². The molecule has 2 rings (SSSR count). The molecular formula is C8H6Cl2N2O. The minimum Gasteiger partial charge on any atom is -0.496 e. The molecule has 68 valence electrons. The molecular weight excluding hydrogens is 211 g/mol. The van der Waals surface area contributed by atoms with Crippen molar-refractivity contribution >= 4 is 34.1 Å². The Morgan fingerprint density at radius 2 is 2.15 bits per heavy atom. The minimum absolute atomic E-state index is 0.462. The first-order valence-corrected chi connectivity index (χ1v) is 4.35. The zero-order chi connectivity index (χ0) is 9.42. The molecule has 0 aliphatic rings. The molecule has 1 aromatic carbocycles. The quantitative estimate of drug-likeness (QED) is 0.797. The molecule has 5 heteroatoms. The van der Waals surface area contributed by atoms with E-state index in [1.807, 2.05) is 0 Å². The number of H-pyrrole nitrogens is 1. The summed E-state index contributed by atoms with van der Waals surface area (Å²) in [6.07, 6.45) is 0. The molecule has 0 saturated heterocycles. The molecule has 0 fully saturated rings. The molecule has 0 aliphatic heterocycles. The van der Waals surface area contributed by atoms with E-state index in [0.29, 0.717) is 21.4 Å². The van der Waals surface area contributed by atoms with E-state index in [9.17, 15) is 0 Å². The number of halogens is 2. The highest BCUT2D eigenvalue weighted by Gasteiger charge is 2.10. The van der Waals surface area contributed by atoms with E-state index in [1.165, 1.54) is 0 Å². The predicted octanol–water partition coefficient (Wildman–Crippen LogP) is 2.88. The molecule has 0 amide bonds. The number of ether oxygens (including phenoxy) is 1. The van der Waals surface area contributed by atoms with Crippen LogP contribution in [-0.2, 0) is 0 Å². The third kappa shape index (κ3) is 1.34. The topological polar surface area (TPSA) is 37.9 Å². The number of rotatable bonds is 1. The van der Waals surface area contributed by atoms with Gasteiger partial charge >= 0.3 is 0 Å². The highest BCUT2D eigenvalue weighted by molar-refractivity contribution is 6.36. The Labute approximate surface area is 84.6 Å². The molecule has 1 aromatic heterocycles. The summed E-state index contributed by atoms with van der Waals surface area (Å²) < 4.78 is 5.12. The fourth-order valence-electron chi connectivity index (χ4n) is 1.20. The van der Waals surface area contributed by atoms with Crippen molar-refractivity contribution in [1.29, 1.82) is 0 Å². The van der Waals surface area contributed by atoms with Crippen molar-refractivity contribution in [3.05, 3.63) is 22.3 Å². The average Bonchev–Trinajstić information content (AvgIpc) is 2.46. The van der Waals surface area contributed by atoms with Gasteiger partial charge in [0.1, 0.15) is 10.9 Å². The summed E-state index contributed by atoms with van der Waals surface area (Å²) in [7, 11) is 1.56. The first-order valence-electron chi connectivity index (χ1n) is 3.59. The van der Waals surface area contributed by atoms with Crippen LogP contribution in [0.3, 0.4) is 0 Å².